The predicted molar refractivity (Wildman–Crippen MR) is 66.3 cm³/mol. The van der Waals surface area contributed by atoms with Crippen LogP contribution in [0.15, 0.2) is 27.2 Å². The van der Waals surface area contributed by atoms with Gasteiger partial charge in [-0.1, -0.05) is 22.6 Å². The third kappa shape index (κ3) is 2.42. The molecule has 1 rings (SSSR count). The number of halogens is 1. The van der Waals surface area contributed by atoms with Crippen molar-refractivity contribution in [3.63, 3.8) is 0 Å². The Kier molecular flexibility index (Phi) is 3.94. The molecule has 12 heavy (non-hydrogen) atoms. The fourth-order valence-corrected chi connectivity index (χ4v) is 1.58. The summed E-state index contributed by atoms with van der Waals surface area (Å²) in [4.78, 5) is 0.985. The summed E-state index contributed by atoms with van der Waals surface area (Å²) < 4.78 is 1.99. The summed E-state index contributed by atoms with van der Waals surface area (Å²) in [6, 6.07) is 6.03. The molecular weight excluding hydrogens is 281 g/mol. The summed E-state index contributed by atoms with van der Waals surface area (Å²) in [5.41, 5.74) is 2.29. The van der Waals surface area contributed by atoms with Gasteiger partial charge in [-0.15, -0.1) is 12.6 Å². The molecule has 0 amide bonds. The van der Waals surface area contributed by atoms with Gasteiger partial charge < -0.3 is 5.32 Å². The maximum absolute atomic E-state index is 4.27. The molecule has 3 heteroatoms. The van der Waals surface area contributed by atoms with Crippen LogP contribution in [0.25, 0.3) is 6.08 Å². The Balaban J connectivity index is 3.12. The second-order valence-corrected chi connectivity index (χ2v) is 3.55. The van der Waals surface area contributed by atoms with Crippen molar-refractivity contribution in [2.24, 2.45) is 0 Å². The summed E-state index contributed by atoms with van der Waals surface area (Å²) in [6.07, 6.45) is 2.05. The van der Waals surface area contributed by atoms with Crippen LogP contribution < -0.4 is 5.32 Å². The van der Waals surface area contributed by atoms with Crippen molar-refractivity contribution in [2.75, 3.05) is 12.4 Å². The van der Waals surface area contributed by atoms with Crippen LogP contribution in [0.2, 0.25) is 0 Å². The highest BCUT2D eigenvalue weighted by molar-refractivity contribution is 14.1. The van der Waals surface area contributed by atoms with Crippen LogP contribution >= 0.6 is 35.2 Å². The van der Waals surface area contributed by atoms with E-state index in [-0.39, 0.29) is 0 Å². The Morgan fingerprint density at radius 3 is 2.83 bits per heavy atom. The number of rotatable bonds is 2. The summed E-state index contributed by atoms with van der Waals surface area (Å²) in [6.45, 7) is 0. The Bertz CT molecular complexity index is 297. The minimum Gasteiger partial charge on any atom is -0.388 e. The zero-order chi connectivity index (χ0) is 8.97. The van der Waals surface area contributed by atoms with Gasteiger partial charge in [0.1, 0.15) is 0 Å². The molecule has 1 aromatic carbocycles. The molecular formula is C9H10INS. The molecule has 0 fully saturated rings. The van der Waals surface area contributed by atoms with Gasteiger partial charge in [-0.2, -0.15) is 0 Å². The van der Waals surface area contributed by atoms with E-state index in [2.05, 4.69) is 40.5 Å². The van der Waals surface area contributed by atoms with Crippen LogP contribution in [0.4, 0.5) is 5.69 Å². The second kappa shape index (κ2) is 4.77. The Morgan fingerprint density at radius 2 is 2.25 bits per heavy atom. The molecule has 1 N–H and O–H groups in total. The highest BCUT2D eigenvalue weighted by atomic mass is 127. The average molecular weight is 291 g/mol. The van der Waals surface area contributed by atoms with Crippen LogP contribution in [0.3, 0.4) is 0 Å². The lowest BCUT2D eigenvalue weighted by molar-refractivity contribution is 1.41. The molecule has 0 aliphatic rings. The van der Waals surface area contributed by atoms with Gasteiger partial charge in [-0.3, -0.25) is 0 Å². The van der Waals surface area contributed by atoms with Crippen LogP contribution in [-0.4, -0.2) is 7.05 Å². The number of hydrogen-bond donors (Lipinski definition) is 2. The van der Waals surface area contributed by atoms with Crippen molar-refractivity contribution < 1.29 is 0 Å². The Morgan fingerprint density at radius 1 is 1.50 bits per heavy atom. The van der Waals surface area contributed by atoms with Gasteiger partial charge in [0.15, 0.2) is 0 Å². The highest BCUT2D eigenvalue weighted by Gasteiger charge is 1.96. The lowest BCUT2D eigenvalue weighted by atomic mass is 10.2. The summed E-state index contributed by atoms with van der Waals surface area (Å²) >= 11 is 6.47. The first-order valence-electron chi connectivity index (χ1n) is 3.55. The number of hydrogen-bond acceptors (Lipinski definition) is 2. The first kappa shape index (κ1) is 9.92. The molecule has 0 radical (unpaired) electrons. The zero-order valence-corrected chi connectivity index (χ0v) is 9.76. The largest absolute Gasteiger partial charge is 0.388 e. The lowest BCUT2D eigenvalue weighted by Crippen LogP contribution is -1.90. The monoisotopic (exact) mass is 291 g/mol. The molecule has 0 aliphatic heterocycles. The van der Waals surface area contributed by atoms with Crippen LogP contribution in [0.1, 0.15) is 5.56 Å². The third-order valence-electron chi connectivity index (χ3n) is 1.55. The molecule has 0 atom stereocenters. The van der Waals surface area contributed by atoms with Crippen molar-refractivity contribution in [1.29, 1.82) is 0 Å². The molecule has 1 nitrogen and oxygen atoms in total. The lowest BCUT2D eigenvalue weighted by Gasteiger charge is -2.04. The molecule has 0 aromatic heterocycles. The fraction of sp³-hybridized carbons (Fsp3) is 0.111. The molecule has 0 saturated heterocycles. The fourth-order valence-electron chi connectivity index (χ4n) is 0.984. The molecule has 0 spiro atoms. The van der Waals surface area contributed by atoms with E-state index >= 15 is 0 Å². The molecule has 0 unspecified atom stereocenters. The molecule has 0 bridgehead atoms. The van der Waals surface area contributed by atoms with Gasteiger partial charge in [-0.25, -0.2) is 0 Å². The minimum absolute atomic E-state index is 0.985. The number of anilines is 1. The average Bonchev–Trinajstić information content (AvgIpc) is 2.05. The number of benzene rings is 1. The maximum atomic E-state index is 4.27. The molecule has 0 saturated carbocycles. The summed E-state index contributed by atoms with van der Waals surface area (Å²) in [5.74, 6) is 0. The van der Waals surface area contributed by atoms with Gasteiger partial charge in [0.2, 0.25) is 0 Å². The third-order valence-corrected chi connectivity index (χ3v) is 2.18. The normalized spacial score (nSPS) is 10.6. The zero-order valence-electron chi connectivity index (χ0n) is 6.71. The van der Waals surface area contributed by atoms with E-state index in [4.69, 9.17) is 0 Å². The van der Waals surface area contributed by atoms with Crippen molar-refractivity contribution in [3.05, 3.63) is 27.8 Å². The van der Waals surface area contributed by atoms with Crippen molar-refractivity contribution in [1.82, 2.24) is 0 Å². The standard InChI is InChI=1S/C9H10INS/c1-11-9-3-2-8(12)6-7(9)4-5-10/h2-6,11-12H,1H3/b5-4-. The highest BCUT2D eigenvalue weighted by Crippen LogP contribution is 2.20. The summed E-state index contributed by atoms with van der Waals surface area (Å²) in [5, 5.41) is 3.12. The summed E-state index contributed by atoms with van der Waals surface area (Å²) in [7, 11) is 1.91. The van der Waals surface area contributed by atoms with E-state index in [9.17, 15) is 0 Å². The van der Waals surface area contributed by atoms with E-state index in [1.54, 1.807) is 0 Å². The van der Waals surface area contributed by atoms with Crippen molar-refractivity contribution in [3.8, 4) is 0 Å². The van der Waals surface area contributed by atoms with Crippen LogP contribution in [-0.2, 0) is 0 Å². The second-order valence-electron chi connectivity index (χ2n) is 2.31. The van der Waals surface area contributed by atoms with E-state index in [1.165, 1.54) is 5.56 Å². The van der Waals surface area contributed by atoms with Crippen molar-refractivity contribution in [2.45, 2.75) is 4.90 Å². The van der Waals surface area contributed by atoms with Crippen LogP contribution in [0.5, 0.6) is 0 Å². The quantitative estimate of drug-likeness (QED) is 0.628. The first-order chi connectivity index (χ1) is 5.77. The van der Waals surface area contributed by atoms with Gasteiger partial charge >= 0.3 is 0 Å². The van der Waals surface area contributed by atoms with E-state index in [0.29, 0.717) is 0 Å². The Hall–Kier alpha value is -0.160. The molecule has 1 aromatic rings. The van der Waals surface area contributed by atoms with Crippen LogP contribution in [0, 0.1) is 0 Å². The topological polar surface area (TPSA) is 12.0 Å². The molecule has 0 aliphatic carbocycles. The van der Waals surface area contributed by atoms with Gasteiger partial charge in [-0.05, 0) is 33.9 Å². The van der Waals surface area contributed by atoms with Crippen molar-refractivity contribution >= 4 is 47.0 Å². The minimum atomic E-state index is 0.985. The smallest absolute Gasteiger partial charge is 0.0412 e. The van der Waals surface area contributed by atoms with Gasteiger partial charge in [0, 0.05) is 17.6 Å². The predicted octanol–water partition coefficient (Wildman–Crippen LogP) is 3.42. The van der Waals surface area contributed by atoms with Gasteiger partial charge in [0.05, 0.1) is 0 Å². The van der Waals surface area contributed by atoms with Gasteiger partial charge in [0.25, 0.3) is 0 Å². The van der Waals surface area contributed by atoms with E-state index < -0.39 is 0 Å². The number of thiol groups is 1. The van der Waals surface area contributed by atoms with E-state index in [0.717, 1.165) is 10.6 Å². The molecule has 0 heterocycles. The number of nitrogens with one attached hydrogen (secondary N) is 1. The first-order valence-corrected chi connectivity index (χ1v) is 5.24. The molecule has 64 valence electrons. The van der Waals surface area contributed by atoms with E-state index in [1.807, 2.05) is 35.4 Å². The SMILES string of the molecule is CNc1ccc(S)cc1/C=C\I. The maximum Gasteiger partial charge on any atom is 0.0412 e. The Labute approximate surface area is 91.8 Å².